The van der Waals surface area contributed by atoms with Crippen molar-refractivity contribution in [1.82, 2.24) is 5.32 Å². The lowest BCUT2D eigenvalue weighted by Crippen LogP contribution is -2.25. The second kappa shape index (κ2) is 6.06. The standard InChI is InChI=1S/C15H23NO/c1-12(2)17-15-10-6-3-7-13(15)11-16-14-8-4-5-9-14/h3,6-7,10,12,14,16H,4-5,8-9,11H2,1-2H3. The molecule has 0 spiro atoms. The highest BCUT2D eigenvalue weighted by atomic mass is 16.5. The van der Waals surface area contributed by atoms with Gasteiger partial charge in [-0.3, -0.25) is 0 Å². The molecule has 0 aromatic heterocycles. The molecule has 0 radical (unpaired) electrons. The number of ether oxygens (including phenoxy) is 1. The van der Waals surface area contributed by atoms with E-state index in [-0.39, 0.29) is 6.10 Å². The van der Waals surface area contributed by atoms with E-state index in [1.165, 1.54) is 31.2 Å². The molecule has 1 aliphatic carbocycles. The fourth-order valence-electron chi connectivity index (χ4n) is 2.40. The van der Waals surface area contributed by atoms with Crippen molar-refractivity contribution in [3.8, 4) is 5.75 Å². The van der Waals surface area contributed by atoms with E-state index in [0.717, 1.165) is 12.3 Å². The Morgan fingerprint density at radius 3 is 2.65 bits per heavy atom. The maximum Gasteiger partial charge on any atom is 0.124 e. The van der Waals surface area contributed by atoms with Gasteiger partial charge in [0.15, 0.2) is 0 Å². The highest BCUT2D eigenvalue weighted by molar-refractivity contribution is 5.33. The number of para-hydroxylation sites is 1. The van der Waals surface area contributed by atoms with Gasteiger partial charge < -0.3 is 10.1 Å². The van der Waals surface area contributed by atoms with Gasteiger partial charge in [-0.05, 0) is 32.8 Å². The number of benzene rings is 1. The first-order valence-corrected chi connectivity index (χ1v) is 6.73. The van der Waals surface area contributed by atoms with Crippen LogP contribution < -0.4 is 10.1 Å². The van der Waals surface area contributed by atoms with Crippen molar-refractivity contribution in [2.24, 2.45) is 0 Å². The molecule has 0 bridgehead atoms. The molecule has 0 atom stereocenters. The van der Waals surface area contributed by atoms with Gasteiger partial charge in [0.1, 0.15) is 5.75 Å². The Bertz CT molecular complexity index is 343. The number of nitrogens with one attached hydrogen (secondary N) is 1. The average molecular weight is 233 g/mol. The molecular formula is C15H23NO. The predicted molar refractivity (Wildman–Crippen MR) is 71.3 cm³/mol. The van der Waals surface area contributed by atoms with E-state index in [1.54, 1.807) is 0 Å². The zero-order valence-corrected chi connectivity index (χ0v) is 10.9. The molecular weight excluding hydrogens is 210 g/mol. The molecule has 0 unspecified atom stereocenters. The maximum atomic E-state index is 5.82. The SMILES string of the molecule is CC(C)Oc1ccccc1CNC1CCCC1. The van der Waals surface area contributed by atoms with E-state index in [0.29, 0.717) is 6.04 Å². The first-order chi connectivity index (χ1) is 8.25. The van der Waals surface area contributed by atoms with Crippen LogP contribution in [-0.4, -0.2) is 12.1 Å². The molecule has 17 heavy (non-hydrogen) atoms. The lowest BCUT2D eigenvalue weighted by molar-refractivity contribution is 0.239. The van der Waals surface area contributed by atoms with Crippen LogP contribution in [0.4, 0.5) is 0 Å². The van der Waals surface area contributed by atoms with Crippen LogP contribution in [0, 0.1) is 0 Å². The van der Waals surface area contributed by atoms with Crippen molar-refractivity contribution in [2.75, 3.05) is 0 Å². The fourth-order valence-corrected chi connectivity index (χ4v) is 2.40. The third-order valence-corrected chi connectivity index (χ3v) is 3.27. The smallest absolute Gasteiger partial charge is 0.124 e. The van der Waals surface area contributed by atoms with Crippen LogP contribution in [0.15, 0.2) is 24.3 Å². The summed E-state index contributed by atoms with van der Waals surface area (Å²) in [5.74, 6) is 1.02. The minimum Gasteiger partial charge on any atom is -0.491 e. The van der Waals surface area contributed by atoms with E-state index < -0.39 is 0 Å². The monoisotopic (exact) mass is 233 g/mol. The molecule has 0 saturated heterocycles. The van der Waals surface area contributed by atoms with Gasteiger partial charge in [-0.25, -0.2) is 0 Å². The highest BCUT2D eigenvalue weighted by Crippen LogP contribution is 2.22. The van der Waals surface area contributed by atoms with Crippen LogP contribution in [0.3, 0.4) is 0 Å². The Labute approximate surface area is 104 Å². The summed E-state index contributed by atoms with van der Waals surface area (Å²) in [6.07, 6.45) is 5.65. The second-order valence-electron chi connectivity index (χ2n) is 5.14. The predicted octanol–water partition coefficient (Wildman–Crippen LogP) is 3.51. The van der Waals surface area contributed by atoms with Crippen molar-refractivity contribution in [3.63, 3.8) is 0 Å². The van der Waals surface area contributed by atoms with Crippen molar-refractivity contribution in [3.05, 3.63) is 29.8 Å². The van der Waals surface area contributed by atoms with Crippen LogP contribution in [0.5, 0.6) is 5.75 Å². The van der Waals surface area contributed by atoms with Crippen molar-refractivity contribution < 1.29 is 4.74 Å². The molecule has 2 nitrogen and oxygen atoms in total. The number of hydrogen-bond acceptors (Lipinski definition) is 2. The summed E-state index contributed by atoms with van der Waals surface area (Å²) in [7, 11) is 0. The molecule has 0 amide bonds. The Hall–Kier alpha value is -1.02. The lowest BCUT2D eigenvalue weighted by atomic mass is 10.1. The minimum absolute atomic E-state index is 0.239. The van der Waals surface area contributed by atoms with E-state index >= 15 is 0 Å². The molecule has 1 aliphatic rings. The largest absolute Gasteiger partial charge is 0.491 e. The topological polar surface area (TPSA) is 21.3 Å². The molecule has 1 N–H and O–H groups in total. The lowest BCUT2D eigenvalue weighted by Gasteiger charge is -2.16. The van der Waals surface area contributed by atoms with E-state index in [1.807, 2.05) is 6.07 Å². The number of rotatable bonds is 5. The van der Waals surface area contributed by atoms with Crippen molar-refractivity contribution in [2.45, 2.75) is 58.2 Å². The van der Waals surface area contributed by atoms with Gasteiger partial charge in [-0.15, -0.1) is 0 Å². The summed E-state index contributed by atoms with van der Waals surface area (Å²) in [6.45, 7) is 5.07. The van der Waals surface area contributed by atoms with E-state index in [2.05, 4.69) is 37.4 Å². The second-order valence-corrected chi connectivity index (χ2v) is 5.14. The normalized spacial score (nSPS) is 16.6. The van der Waals surface area contributed by atoms with Crippen LogP contribution in [0.25, 0.3) is 0 Å². The Balaban J connectivity index is 1.94. The zero-order chi connectivity index (χ0) is 12.1. The Kier molecular flexibility index (Phi) is 4.43. The van der Waals surface area contributed by atoms with Crippen LogP contribution >= 0.6 is 0 Å². The maximum absolute atomic E-state index is 5.82. The fraction of sp³-hybridized carbons (Fsp3) is 0.600. The van der Waals surface area contributed by atoms with Crippen LogP contribution in [0.2, 0.25) is 0 Å². The Morgan fingerprint density at radius 1 is 1.24 bits per heavy atom. The molecule has 1 aromatic carbocycles. The summed E-state index contributed by atoms with van der Waals surface area (Å²) >= 11 is 0. The third-order valence-electron chi connectivity index (χ3n) is 3.27. The molecule has 1 fully saturated rings. The quantitative estimate of drug-likeness (QED) is 0.840. The van der Waals surface area contributed by atoms with Gasteiger partial charge in [0, 0.05) is 18.2 Å². The molecule has 2 rings (SSSR count). The Morgan fingerprint density at radius 2 is 1.94 bits per heavy atom. The summed E-state index contributed by atoms with van der Waals surface area (Å²) in [5.41, 5.74) is 1.27. The molecule has 1 aromatic rings. The molecule has 0 heterocycles. The van der Waals surface area contributed by atoms with Gasteiger partial charge in [0.2, 0.25) is 0 Å². The zero-order valence-electron chi connectivity index (χ0n) is 10.9. The van der Waals surface area contributed by atoms with E-state index in [9.17, 15) is 0 Å². The summed E-state index contributed by atoms with van der Waals surface area (Å²) < 4.78 is 5.82. The first kappa shape index (κ1) is 12.4. The summed E-state index contributed by atoms with van der Waals surface area (Å²) in [4.78, 5) is 0. The van der Waals surface area contributed by atoms with Gasteiger partial charge in [0.05, 0.1) is 6.10 Å². The van der Waals surface area contributed by atoms with Gasteiger partial charge >= 0.3 is 0 Å². The molecule has 94 valence electrons. The molecule has 2 heteroatoms. The molecule has 1 saturated carbocycles. The summed E-state index contributed by atoms with van der Waals surface area (Å²) in [5, 5.41) is 3.63. The third kappa shape index (κ3) is 3.74. The summed E-state index contributed by atoms with van der Waals surface area (Å²) in [6, 6.07) is 9.04. The van der Waals surface area contributed by atoms with Gasteiger partial charge in [0.25, 0.3) is 0 Å². The van der Waals surface area contributed by atoms with Crippen molar-refractivity contribution >= 4 is 0 Å². The first-order valence-electron chi connectivity index (χ1n) is 6.73. The van der Waals surface area contributed by atoms with Gasteiger partial charge in [-0.1, -0.05) is 31.0 Å². The molecule has 0 aliphatic heterocycles. The highest BCUT2D eigenvalue weighted by Gasteiger charge is 2.14. The average Bonchev–Trinajstić information content (AvgIpc) is 2.80. The van der Waals surface area contributed by atoms with Gasteiger partial charge in [-0.2, -0.15) is 0 Å². The van der Waals surface area contributed by atoms with Crippen LogP contribution in [0.1, 0.15) is 45.1 Å². The number of hydrogen-bond donors (Lipinski definition) is 1. The van der Waals surface area contributed by atoms with E-state index in [4.69, 9.17) is 4.74 Å². The minimum atomic E-state index is 0.239. The van der Waals surface area contributed by atoms with Crippen LogP contribution in [-0.2, 0) is 6.54 Å². The van der Waals surface area contributed by atoms with Crippen molar-refractivity contribution in [1.29, 1.82) is 0 Å².